The van der Waals surface area contributed by atoms with Crippen LogP contribution in [0.1, 0.15) is 29.8 Å². The molecule has 0 aliphatic rings. The fourth-order valence-corrected chi connectivity index (χ4v) is 4.36. The van der Waals surface area contributed by atoms with Crippen LogP contribution in [0.4, 0.5) is 15.9 Å². The van der Waals surface area contributed by atoms with Gasteiger partial charge < -0.3 is 19.6 Å². The summed E-state index contributed by atoms with van der Waals surface area (Å²) in [6.45, 7) is 4.00. The number of anilines is 2. The van der Waals surface area contributed by atoms with Crippen LogP contribution >= 0.6 is 23.4 Å². The fraction of sp³-hybridized carbons (Fsp3) is 0.240. The lowest BCUT2D eigenvalue weighted by molar-refractivity contribution is 0.0600. The number of ether oxygens (including phenoxy) is 1. The van der Waals surface area contributed by atoms with Gasteiger partial charge in [-0.3, -0.25) is 4.79 Å². The Morgan fingerprint density at radius 2 is 2.03 bits per heavy atom. The van der Waals surface area contributed by atoms with Crippen LogP contribution < -0.4 is 10.9 Å². The summed E-state index contributed by atoms with van der Waals surface area (Å²) in [5, 5.41) is 3.85. The number of aromatic nitrogens is 3. The number of esters is 1. The monoisotopic (exact) mass is 516 g/mol. The Hall–Kier alpha value is -3.30. The zero-order valence-electron chi connectivity index (χ0n) is 20.0. The maximum atomic E-state index is 14.6. The van der Waals surface area contributed by atoms with E-state index in [0.717, 1.165) is 17.2 Å². The van der Waals surface area contributed by atoms with E-state index in [0.29, 0.717) is 33.5 Å². The van der Waals surface area contributed by atoms with Gasteiger partial charge in [-0.15, -0.1) is 0 Å². The Kier molecular flexibility index (Phi) is 8.58. The number of benzene rings is 1. The molecule has 2 N–H and O–H groups in total. The van der Waals surface area contributed by atoms with Gasteiger partial charge in [0.2, 0.25) is 0 Å². The van der Waals surface area contributed by atoms with Crippen molar-refractivity contribution < 1.29 is 13.9 Å². The molecule has 1 aromatic carbocycles. The smallest absolute Gasteiger partial charge is 0.338 e. The molecule has 0 saturated carbocycles. The topological polar surface area (TPSA) is 89.0 Å². The number of carbonyl (C=O) groups is 1. The van der Waals surface area contributed by atoms with Gasteiger partial charge in [0.15, 0.2) is 11.6 Å². The van der Waals surface area contributed by atoms with Gasteiger partial charge in [0.1, 0.15) is 5.52 Å². The minimum atomic E-state index is -0.645. The number of nitrogens with one attached hydrogen (secondary N) is 2. The molecule has 0 unspecified atom stereocenters. The van der Waals surface area contributed by atoms with Crippen molar-refractivity contribution in [2.75, 3.05) is 18.7 Å². The number of rotatable bonds is 6. The normalized spacial score (nSPS) is 10.6. The molecule has 0 atom stereocenters. The largest absolute Gasteiger partial charge is 0.465 e. The molecule has 10 heteroatoms. The molecular weight excluding hydrogens is 491 g/mol. The van der Waals surface area contributed by atoms with Crippen LogP contribution in [-0.4, -0.2) is 33.9 Å². The number of hydrogen-bond acceptors (Lipinski definition) is 6. The molecule has 0 saturated heterocycles. The van der Waals surface area contributed by atoms with Crippen molar-refractivity contribution in [2.24, 2.45) is 7.05 Å². The molecule has 184 valence electrons. The van der Waals surface area contributed by atoms with Crippen molar-refractivity contribution in [1.29, 1.82) is 0 Å². The van der Waals surface area contributed by atoms with E-state index in [9.17, 15) is 14.0 Å². The number of methoxy groups -OCH3 is 1. The number of carbonyl (C=O) groups excluding carboxylic acids is 1. The predicted octanol–water partition coefficient (Wildman–Crippen LogP) is 6.14. The van der Waals surface area contributed by atoms with E-state index in [1.807, 2.05) is 26.2 Å². The molecule has 4 aromatic rings. The summed E-state index contributed by atoms with van der Waals surface area (Å²) in [5.41, 5.74) is 3.19. The van der Waals surface area contributed by atoms with Gasteiger partial charge in [0, 0.05) is 53.6 Å². The maximum Gasteiger partial charge on any atom is 0.338 e. The molecule has 0 radical (unpaired) electrons. The van der Waals surface area contributed by atoms with Crippen molar-refractivity contribution in [3.8, 4) is 11.1 Å². The van der Waals surface area contributed by atoms with E-state index >= 15 is 0 Å². The van der Waals surface area contributed by atoms with Gasteiger partial charge in [-0.25, -0.2) is 14.2 Å². The summed E-state index contributed by atoms with van der Waals surface area (Å²) in [7, 11) is 2.97. The van der Waals surface area contributed by atoms with Gasteiger partial charge in [-0.1, -0.05) is 25.4 Å². The first-order chi connectivity index (χ1) is 16.8. The highest BCUT2D eigenvalue weighted by molar-refractivity contribution is 7.97. The second-order valence-electron chi connectivity index (χ2n) is 7.31. The molecule has 0 aliphatic carbocycles. The van der Waals surface area contributed by atoms with Crippen molar-refractivity contribution >= 4 is 51.7 Å². The third-order valence-electron chi connectivity index (χ3n) is 5.19. The van der Waals surface area contributed by atoms with Gasteiger partial charge >= 0.3 is 5.97 Å². The first kappa shape index (κ1) is 26.3. The van der Waals surface area contributed by atoms with Gasteiger partial charge in [0.25, 0.3) is 5.56 Å². The molecular formula is C25H26ClFN4O3S. The Bertz CT molecular complexity index is 1430. The Morgan fingerprint density at radius 3 is 2.69 bits per heavy atom. The highest BCUT2D eigenvalue weighted by atomic mass is 35.5. The number of aromatic amines is 1. The third kappa shape index (κ3) is 5.36. The quantitative estimate of drug-likeness (QED) is 0.299. The van der Waals surface area contributed by atoms with Crippen molar-refractivity contribution in [3.05, 3.63) is 75.2 Å². The summed E-state index contributed by atoms with van der Waals surface area (Å²) in [6.07, 6.45) is 6.66. The molecule has 35 heavy (non-hydrogen) atoms. The molecule has 7 nitrogen and oxygen atoms in total. The summed E-state index contributed by atoms with van der Waals surface area (Å²) in [5.74, 6) is -0.656. The van der Waals surface area contributed by atoms with E-state index in [2.05, 4.69) is 15.3 Å². The number of H-pyrrole nitrogens is 1. The number of thioether (sulfide) groups is 1. The minimum Gasteiger partial charge on any atom is -0.465 e. The van der Waals surface area contributed by atoms with Crippen LogP contribution in [-0.2, 0) is 17.5 Å². The number of hydrogen-bond donors (Lipinski definition) is 2. The van der Waals surface area contributed by atoms with Crippen molar-refractivity contribution in [1.82, 2.24) is 14.5 Å². The van der Waals surface area contributed by atoms with Crippen LogP contribution in [0, 0.1) is 5.82 Å². The van der Waals surface area contributed by atoms with E-state index in [-0.39, 0.29) is 16.4 Å². The number of nitrogens with zero attached hydrogens (tertiary/aromatic N) is 2. The second-order valence-corrected chi connectivity index (χ2v) is 8.62. The van der Waals surface area contributed by atoms with E-state index in [1.165, 1.54) is 17.9 Å². The molecule has 0 amide bonds. The van der Waals surface area contributed by atoms with Crippen LogP contribution in [0.5, 0.6) is 0 Å². The summed E-state index contributed by atoms with van der Waals surface area (Å²) >= 11 is 7.39. The molecule has 0 spiro atoms. The summed E-state index contributed by atoms with van der Waals surface area (Å²) in [4.78, 5) is 32.1. The van der Waals surface area contributed by atoms with E-state index in [4.69, 9.17) is 16.3 Å². The van der Waals surface area contributed by atoms with Crippen LogP contribution in [0.3, 0.4) is 0 Å². The van der Waals surface area contributed by atoms with Crippen LogP contribution in [0.25, 0.3) is 22.0 Å². The van der Waals surface area contributed by atoms with Gasteiger partial charge in [-0.2, -0.15) is 11.8 Å². The highest BCUT2D eigenvalue weighted by Crippen LogP contribution is 2.37. The standard InChI is InChI=1S/C23H20ClFN4O3S.C2H6/c1-29-10-17(14-4-5-26-20(14)22(29)30)16-6-12(11-33-3)15(23(31)32-2)8-19(16)28-21-18(25)7-13(24)9-27-21;1-2/h4-10,26H,11H2,1-3H3,(H,27,28);1-2H3. The molecule has 0 fully saturated rings. The molecule has 3 heterocycles. The SMILES string of the molecule is CC.COC(=O)c1cc(Nc2ncc(Cl)cc2F)c(-c2cn(C)c(=O)c3[nH]ccc23)cc1CSC. The van der Waals surface area contributed by atoms with Gasteiger partial charge in [0.05, 0.1) is 17.7 Å². The number of pyridine rings is 2. The molecule has 4 rings (SSSR count). The zero-order valence-corrected chi connectivity index (χ0v) is 21.6. The first-order valence-corrected chi connectivity index (χ1v) is 12.6. The summed E-state index contributed by atoms with van der Waals surface area (Å²) in [6, 6.07) is 6.42. The summed E-state index contributed by atoms with van der Waals surface area (Å²) < 4.78 is 21.0. The lowest BCUT2D eigenvalue weighted by Crippen LogP contribution is -2.17. The van der Waals surface area contributed by atoms with E-state index < -0.39 is 11.8 Å². The number of halogens is 2. The third-order valence-corrected chi connectivity index (χ3v) is 6.00. The Balaban J connectivity index is 0.00000167. The van der Waals surface area contributed by atoms with Crippen LogP contribution in [0.2, 0.25) is 5.02 Å². The average molecular weight is 517 g/mol. The van der Waals surface area contributed by atoms with Crippen molar-refractivity contribution in [3.63, 3.8) is 0 Å². The first-order valence-electron chi connectivity index (χ1n) is 10.8. The molecule has 0 aliphatic heterocycles. The second kappa shape index (κ2) is 11.4. The average Bonchev–Trinajstić information content (AvgIpc) is 3.35. The lowest BCUT2D eigenvalue weighted by atomic mass is 9.96. The number of fused-ring (bicyclic) bond motifs is 1. The van der Waals surface area contributed by atoms with E-state index in [1.54, 1.807) is 43.3 Å². The Labute approximate surface area is 211 Å². The predicted molar refractivity (Wildman–Crippen MR) is 141 cm³/mol. The molecule has 0 bridgehead atoms. The Morgan fingerprint density at radius 1 is 1.29 bits per heavy atom. The minimum absolute atomic E-state index is 0.0517. The maximum absolute atomic E-state index is 14.6. The van der Waals surface area contributed by atoms with Gasteiger partial charge in [-0.05, 0) is 36.1 Å². The van der Waals surface area contributed by atoms with Crippen LogP contribution in [0.15, 0.2) is 47.7 Å². The van der Waals surface area contributed by atoms with Crippen molar-refractivity contribution in [2.45, 2.75) is 19.6 Å². The number of aryl methyl sites for hydroxylation is 1. The fourth-order valence-electron chi connectivity index (χ4n) is 3.66. The highest BCUT2D eigenvalue weighted by Gasteiger charge is 2.21. The zero-order chi connectivity index (χ0) is 25.7. The lowest BCUT2D eigenvalue weighted by Gasteiger charge is -2.18. The molecule has 3 aromatic heterocycles.